The number of nitrogen functional groups attached to an aromatic ring is 1. The second-order valence-electron chi connectivity index (χ2n) is 3.70. The zero-order chi connectivity index (χ0) is 13.8. The summed E-state index contributed by atoms with van der Waals surface area (Å²) in [5.41, 5.74) is 5.93. The predicted octanol–water partition coefficient (Wildman–Crippen LogP) is 2.46. The number of carbonyl (C=O) groups is 1. The summed E-state index contributed by atoms with van der Waals surface area (Å²) in [6.07, 6.45) is 2.92. The van der Waals surface area contributed by atoms with Crippen LogP contribution in [0.1, 0.15) is 6.92 Å². The fourth-order valence-electron chi connectivity index (χ4n) is 1.32. The number of amides is 1. The molecule has 0 saturated heterocycles. The number of aromatic nitrogens is 2. The molecule has 0 aliphatic carbocycles. The molecule has 2 aromatic heterocycles. The van der Waals surface area contributed by atoms with Crippen molar-refractivity contribution in [1.29, 1.82) is 0 Å². The lowest BCUT2D eigenvalue weighted by molar-refractivity contribution is -0.114. The molecule has 0 radical (unpaired) electrons. The van der Waals surface area contributed by atoms with Crippen LogP contribution in [0.4, 0.5) is 11.5 Å². The van der Waals surface area contributed by atoms with Crippen LogP contribution in [0.5, 0.6) is 11.6 Å². The van der Waals surface area contributed by atoms with Crippen LogP contribution in [0.2, 0.25) is 5.02 Å². The summed E-state index contributed by atoms with van der Waals surface area (Å²) in [5, 5.41) is 2.92. The van der Waals surface area contributed by atoms with Gasteiger partial charge in [-0.3, -0.25) is 4.79 Å². The molecule has 0 atom stereocenters. The summed E-state index contributed by atoms with van der Waals surface area (Å²) >= 11 is 5.87. The largest absolute Gasteiger partial charge is 0.439 e. The number of nitrogens with two attached hydrogens (primary N) is 1. The van der Waals surface area contributed by atoms with Crippen LogP contribution in [0.3, 0.4) is 0 Å². The number of halogens is 1. The van der Waals surface area contributed by atoms with Gasteiger partial charge in [0.2, 0.25) is 11.8 Å². The number of hydrogen-bond acceptors (Lipinski definition) is 5. The Bertz CT molecular complexity index is 618. The van der Waals surface area contributed by atoms with Gasteiger partial charge in [-0.1, -0.05) is 11.6 Å². The molecule has 0 saturated carbocycles. The Labute approximate surface area is 114 Å². The molecule has 0 fully saturated rings. The molecule has 2 aromatic rings. The van der Waals surface area contributed by atoms with Gasteiger partial charge in [0.15, 0.2) is 0 Å². The summed E-state index contributed by atoms with van der Waals surface area (Å²) in [7, 11) is 0. The molecule has 0 bridgehead atoms. The fraction of sp³-hybridized carbons (Fsp3) is 0.0833. The Kier molecular flexibility index (Phi) is 3.82. The van der Waals surface area contributed by atoms with E-state index in [1.807, 2.05) is 0 Å². The van der Waals surface area contributed by atoms with Crippen LogP contribution in [0.25, 0.3) is 0 Å². The number of pyridine rings is 2. The molecule has 0 aromatic carbocycles. The van der Waals surface area contributed by atoms with Gasteiger partial charge in [-0.25, -0.2) is 9.97 Å². The van der Waals surface area contributed by atoms with Gasteiger partial charge in [0, 0.05) is 25.3 Å². The van der Waals surface area contributed by atoms with Gasteiger partial charge in [-0.05, 0) is 6.07 Å². The van der Waals surface area contributed by atoms with Gasteiger partial charge in [0.1, 0.15) is 11.6 Å². The third-order valence-electron chi connectivity index (χ3n) is 2.11. The number of rotatable bonds is 3. The van der Waals surface area contributed by atoms with Crippen molar-refractivity contribution >= 4 is 29.0 Å². The van der Waals surface area contributed by atoms with E-state index in [0.29, 0.717) is 28.2 Å². The molecule has 0 unspecified atom stereocenters. The quantitative estimate of drug-likeness (QED) is 0.900. The summed E-state index contributed by atoms with van der Waals surface area (Å²) < 4.78 is 5.49. The molecule has 19 heavy (non-hydrogen) atoms. The number of nitrogens with one attached hydrogen (secondary N) is 1. The lowest BCUT2D eigenvalue weighted by Crippen LogP contribution is -2.07. The van der Waals surface area contributed by atoms with E-state index in [2.05, 4.69) is 15.3 Å². The maximum atomic E-state index is 10.9. The minimum atomic E-state index is -0.210. The Hall–Kier alpha value is -2.34. The molecule has 98 valence electrons. The zero-order valence-electron chi connectivity index (χ0n) is 10.1. The van der Waals surface area contributed by atoms with Gasteiger partial charge in [0.05, 0.1) is 16.9 Å². The average molecular weight is 279 g/mol. The minimum Gasteiger partial charge on any atom is -0.439 e. The van der Waals surface area contributed by atoms with E-state index in [4.69, 9.17) is 22.1 Å². The van der Waals surface area contributed by atoms with Gasteiger partial charge < -0.3 is 15.8 Å². The van der Waals surface area contributed by atoms with Crippen molar-refractivity contribution in [3.05, 3.63) is 35.6 Å². The smallest absolute Gasteiger partial charge is 0.222 e. The second-order valence-corrected chi connectivity index (χ2v) is 4.11. The standard InChI is InChI=1S/C12H11ClN4O2/c1-7(18)17-11-4-8(2-3-15-11)19-12-5-9(13)10(14)6-16-12/h2-6H,14H2,1H3,(H,15,17,18). The highest BCUT2D eigenvalue weighted by atomic mass is 35.5. The molecule has 0 aliphatic heterocycles. The number of hydrogen-bond donors (Lipinski definition) is 2. The summed E-state index contributed by atoms with van der Waals surface area (Å²) in [6, 6.07) is 4.72. The molecule has 1 amide bonds. The van der Waals surface area contributed by atoms with Crippen LogP contribution < -0.4 is 15.8 Å². The van der Waals surface area contributed by atoms with E-state index in [1.54, 1.807) is 12.1 Å². The zero-order valence-corrected chi connectivity index (χ0v) is 10.8. The molecule has 0 spiro atoms. The third kappa shape index (κ3) is 3.56. The molecular weight excluding hydrogens is 268 g/mol. The Morgan fingerprint density at radius 2 is 2.21 bits per heavy atom. The van der Waals surface area contributed by atoms with E-state index >= 15 is 0 Å². The molecule has 6 nitrogen and oxygen atoms in total. The Balaban J connectivity index is 2.18. The van der Waals surface area contributed by atoms with Gasteiger partial charge in [0.25, 0.3) is 0 Å². The van der Waals surface area contributed by atoms with Crippen molar-refractivity contribution in [3.63, 3.8) is 0 Å². The molecule has 2 rings (SSSR count). The normalized spacial score (nSPS) is 10.0. The number of ether oxygens (including phenoxy) is 1. The topological polar surface area (TPSA) is 90.1 Å². The molecule has 7 heteroatoms. The van der Waals surface area contributed by atoms with E-state index in [1.165, 1.54) is 25.4 Å². The van der Waals surface area contributed by atoms with E-state index in [9.17, 15) is 4.79 Å². The van der Waals surface area contributed by atoms with Crippen LogP contribution in [0, 0.1) is 0 Å². The SMILES string of the molecule is CC(=O)Nc1cc(Oc2cc(Cl)c(N)cn2)ccn1. The fourth-order valence-corrected chi connectivity index (χ4v) is 1.47. The lowest BCUT2D eigenvalue weighted by Gasteiger charge is -2.07. The van der Waals surface area contributed by atoms with Crippen molar-refractivity contribution in [3.8, 4) is 11.6 Å². The van der Waals surface area contributed by atoms with Crippen LogP contribution in [-0.2, 0) is 4.79 Å². The molecule has 2 heterocycles. The summed E-state index contributed by atoms with van der Waals surface area (Å²) in [4.78, 5) is 18.9. The third-order valence-corrected chi connectivity index (χ3v) is 2.44. The Morgan fingerprint density at radius 1 is 1.42 bits per heavy atom. The maximum Gasteiger partial charge on any atom is 0.222 e. The lowest BCUT2D eigenvalue weighted by atomic mass is 10.4. The van der Waals surface area contributed by atoms with Gasteiger partial charge in [-0.2, -0.15) is 0 Å². The van der Waals surface area contributed by atoms with Crippen LogP contribution in [0.15, 0.2) is 30.6 Å². The Morgan fingerprint density at radius 3 is 2.89 bits per heavy atom. The van der Waals surface area contributed by atoms with Crippen LogP contribution >= 0.6 is 11.6 Å². The highest BCUT2D eigenvalue weighted by molar-refractivity contribution is 6.33. The van der Waals surface area contributed by atoms with Crippen molar-refractivity contribution in [1.82, 2.24) is 9.97 Å². The van der Waals surface area contributed by atoms with Gasteiger partial charge >= 0.3 is 0 Å². The first-order valence-corrected chi connectivity index (χ1v) is 5.75. The molecule has 0 aliphatic rings. The first-order chi connectivity index (χ1) is 9.04. The average Bonchev–Trinajstić information content (AvgIpc) is 2.33. The van der Waals surface area contributed by atoms with Crippen LogP contribution in [-0.4, -0.2) is 15.9 Å². The number of anilines is 2. The highest BCUT2D eigenvalue weighted by Crippen LogP contribution is 2.26. The maximum absolute atomic E-state index is 10.9. The minimum absolute atomic E-state index is 0.210. The van der Waals surface area contributed by atoms with E-state index in [-0.39, 0.29) is 5.91 Å². The molecule has 3 N–H and O–H groups in total. The van der Waals surface area contributed by atoms with E-state index < -0.39 is 0 Å². The predicted molar refractivity (Wildman–Crippen MR) is 72.3 cm³/mol. The monoisotopic (exact) mass is 278 g/mol. The number of carbonyl (C=O) groups excluding carboxylic acids is 1. The second kappa shape index (κ2) is 5.53. The van der Waals surface area contributed by atoms with Crippen molar-refractivity contribution < 1.29 is 9.53 Å². The summed E-state index contributed by atoms with van der Waals surface area (Å²) in [6.45, 7) is 1.40. The van der Waals surface area contributed by atoms with Crippen molar-refractivity contribution in [2.24, 2.45) is 0 Å². The van der Waals surface area contributed by atoms with E-state index in [0.717, 1.165) is 0 Å². The first-order valence-electron chi connectivity index (χ1n) is 5.37. The number of nitrogens with zero attached hydrogens (tertiary/aromatic N) is 2. The van der Waals surface area contributed by atoms with Crippen molar-refractivity contribution in [2.45, 2.75) is 6.92 Å². The highest BCUT2D eigenvalue weighted by Gasteiger charge is 2.04. The summed E-state index contributed by atoms with van der Waals surface area (Å²) in [5.74, 6) is 0.969. The first kappa shape index (κ1) is 13.1. The molecular formula is C12H11ClN4O2. The van der Waals surface area contributed by atoms with Crippen molar-refractivity contribution in [2.75, 3.05) is 11.1 Å². The van der Waals surface area contributed by atoms with Gasteiger partial charge in [-0.15, -0.1) is 0 Å².